The maximum absolute atomic E-state index is 10.6. The van der Waals surface area contributed by atoms with Crippen LogP contribution in [0.3, 0.4) is 0 Å². The fourth-order valence-corrected chi connectivity index (χ4v) is 1.25. The van der Waals surface area contributed by atoms with Crippen LogP contribution in [0.15, 0.2) is 10.5 Å². The standard InChI is InChI=1S/C7H7BrN2O2/c1-3-5(9)2-4(8)6(10-3)7(11)12/h2H,9H2,1H3,(H,11,12). The van der Waals surface area contributed by atoms with Crippen LogP contribution in [0, 0.1) is 6.92 Å². The summed E-state index contributed by atoms with van der Waals surface area (Å²) < 4.78 is 0.401. The van der Waals surface area contributed by atoms with Crippen LogP contribution in [0.1, 0.15) is 16.2 Å². The number of aryl methyl sites for hydroxylation is 1. The monoisotopic (exact) mass is 230 g/mol. The molecule has 1 aromatic rings. The number of hydrogen-bond acceptors (Lipinski definition) is 3. The van der Waals surface area contributed by atoms with Crippen LogP contribution in [0.25, 0.3) is 0 Å². The van der Waals surface area contributed by atoms with Gasteiger partial charge in [0.2, 0.25) is 0 Å². The molecule has 0 atom stereocenters. The number of carboxylic acid groups (broad SMARTS) is 1. The van der Waals surface area contributed by atoms with Gasteiger partial charge in [0, 0.05) is 0 Å². The quantitative estimate of drug-likeness (QED) is 0.766. The van der Waals surface area contributed by atoms with Gasteiger partial charge in [-0.2, -0.15) is 0 Å². The second kappa shape index (κ2) is 3.10. The molecule has 1 rings (SSSR count). The zero-order valence-corrected chi connectivity index (χ0v) is 7.92. The van der Waals surface area contributed by atoms with Gasteiger partial charge < -0.3 is 10.8 Å². The average Bonchev–Trinajstić information content (AvgIpc) is 1.96. The number of nitrogens with zero attached hydrogens (tertiary/aromatic N) is 1. The normalized spacial score (nSPS) is 9.83. The Morgan fingerprint density at radius 2 is 2.33 bits per heavy atom. The van der Waals surface area contributed by atoms with Gasteiger partial charge in [-0.1, -0.05) is 0 Å². The van der Waals surface area contributed by atoms with E-state index in [1.54, 1.807) is 6.92 Å². The summed E-state index contributed by atoms with van der Waals surface area (Å²) in [6.07, 6.45) is 0. The van der Waals surface area contributed by atoms with E-state index in [0.29, 0.717) is 15.9 Å². The Hall–Kier alpha value is -1.10. The Morgan fingerprint density at radius 1 is 1.75 bits per heavy atom. The number of anilines is 1. The number of nitrogen functional groups attached to an aromatic ring is 1. The van der Waals surface area contributed by atoms with Crippen molar-refractivity contribution in [2.45, 2.75) is 6.92 Å². The summed E-state index contributed by atoms with van der Waals surface area (Å²) in [5, 5.41) is 8.65. The molecule has 12 heavy (non-hydrogen) atoms. The van der Waals surface area contributed by atoms with E-state index in [-0.39, 0.29) is 5.69 Å². The van der Waals surface area contributed by atoms with Crippen LogP contribution >= 0.6 is 15.9 Å². The first-order valence-electron chi connectivity index (χ1n) is 3.18. The molecule has 0 aliphatic rings. The van der Waals surface area contributed by atoms with E-state index in [1.807, 2.05) is 0 Å². The van der Waals surface area contributed by atoms with Gasteiger partial charge in [0.05, 0.1) is 15.9 Å². The Kier molecular flexibility index (Phi) is 2.32. The predicted octanol–water partition coefficient (Wildman–Crippen LogP) is 1.43. The number of hydrogen-bond donors (Lipinski definition) is 2. The number of halogens is 1. The van der Waals surface area contributed by atoms with E-state index < -0.39 is 5.97 Å². The van der Waals surface area contributed by atoms with Gasteiger partial charge in [0.15, 0.2) is 5.69 Å². The van der Waals surface area contributed by atoms with Gasteiger partial charge in [0.25, 0.3) is 0 Å². The number of aromatic nitrogens is 1. The maximum Gasteiger partial charge on any atom is 0.355 e. The fourth-order valence-electron chi connectivity index (χ4n) is 0.745. The number of rotatable bonds is 1. The molecule has 0 radical (unpaired) electrons. The van der Waals surface area contributed by atoms with Gasteiger partial charge in [-0.25, -0.2) is 9.78 Å². The lowest BCUT2D eigenvalue weighted by molar-refractivity contribution is 0.0689. The molecular formula is C7H7BrN2O2. The predicted molar refractivity (Wildman–Crippen MR) is 48.0 cm³/mol. The van der Waals surface area contributed by atoms with E-state index in [9.17, 15) is 4.79 Å². The lowest BCUT2D eigenvalue weighted by atomic mass is 10.3. The minimum absolute atomic E-state index is 0.0123. The number of carbonyl (C=O) groups is 1. The van der Waals surface area contributed by atoms with Crippen molar-refractivity contribution in [1.82, 2.24) is 4.98 Å². The molecule has 0 saturated heterocycles. The molecule has 1 aromatic heterocycles. The lowest BCUT2D eigenvalue weighted by Crippen LogP contribution is -2.05. The molecule has 0 aliphatic heterocycles. The van der Waals surface area contributed by atoms with Gasteiger partial charge in [-0.05, 0) is 28.9 Å². The molecule has 0 aliphatic carbocycles. The van der Waals surface area contributed by atoms with Crippen LogP contribution in [0.4, 0.5) is 5.69 Å². The van der Waals surface area contributed by atoms with Gasteiger partial charge in [-0.3, -0.25) is 0 Å². The van der Waals surface area contributed by atoms with Crippen molar-refractivity contribution in [2.24, 2.45) is 0 Å². The summed E-state index contributed by atoms with van der Waals surface area (Å²) in [6, 6.07) is 1.53. The molecule has 0 saturated carbocycles. The van der Waals surface area contributed by atoms with Crippen LogP contribution in [-0.2, 0) is 0 Å². The van der Waals surface area contributed by atoms with Gasteiger partial charge >= 0.3 is 5.97 Å². The van der Waals surface area contributed by atoms with Crippen molar-refractivity contribution >= 4 is 27.6 Å². The van der Waals surface area contributed by atoms with Crippen molar-refractivity contribution in [3.8, 4) is 0 Å². The van der Waals surface area contributed by atoms with Crippen molar-refractivity contribution in [3.63, 3.8) is 0 Å². The molecule has 0 spiro atoms. The zero-order valence-electron chi connectivity index (χ0n) is 6.34. The van der Waals surface area contributed by atoms with Crippen molar-refractivity contribution in [3.05, 3.63) is 21.9 Å². The minimum atomic E-state index is -1.06. The third-order valence-corrected chi connectivity index (χ3v) is 2.01. The molecule has 4 nitrogen and oxygen atoms in total. The average molecular weight is 231 g/mol. The molecule has 0 fully saturated rings. The molecule has 1 heterocycles. The zero-order chi connectivity index (χ0) is 9.30. The van der Waals surface area contributed by atoms with Crippen molar-refractivity contribution in [1.29, 1.82) is 0 Å². The van der Waals surface area contributed by atoms with E-state index in [0.717, 1.165) is 0 Å². The maximum atomic E-state index is 10.6. The molecule has 0 amide bonds. The molecule has 0 unspecified atom stereocenters. The number of carboxylic acids is 1. The molecule has 64 valence electrons. The van der Waals surface area contributed by atoms with Crippen molar-refractivity contribution < 1.29 is 9.90 Å². The summed E-state index contributed by atoms with van der Waals surface area (Å²) in [5.41, 5.74) is 6.49. The second-order valence-corrected chi connectivity index (χ2v) is 3.15. The summed E-state index contributed by atoms with van der Waals surface area (Å²) in [5.74, 6) is -1.06. The van der Waals surface area contributed by atoms with E-state index in [1.165, 1.54) is 6.07 Å². The molecule has 0 aromatic carbocycles. The second-order valence-electron chi connectivity index (χ2n) is 2.30. The first kappa shape index (κ1) is 8.99. The third-order valence-electron chi connectivity index (χ3n) is 1.41. The summed E-state index contributed by atoms with van der Waals surface area (Å²) in [6.45, 7) is 1.66. The van der Waals surface area contributed by atoms with Crippen LogP contribution in [0.5, 0.6) is 0 Å². The highest BCUT2D eigenvalue weighted by Gasteiger charge is 2.11. The van der Waals surface area contributed by atoms with E-state index >= 15 is 0 Å². The molecule has 0 bridgehead atoms. The molecular weight excluding hydrogens is 224 g/mol. The van der Waals surface area contributed by atoms with Crippen molar-refractivity contribution in [2.75, 3.05) is 5.73 Å². The highest BCUT2D eigenvalue weighted by molar-refractivity contribution is 9.10. The highest BCUT2D eigenvalue weighted by Crippen LogP contribution is 2.19. The van der Waals surface area contributed by atoms with Crippen LogP contribution in [0.2, 0.25) is 0 Å². The SMILES string of the molecule is Cc1nc(C(=O)O)c(Br)cc1N. The minimum Gasteiger partial charge on any atom is -0.476 e. The molecule has 3 N–H and O–H groups in total. The van der Waals surface area contributed by atoms with Gasteiger partial charge in [0.1, 0.15) is 0 Å². The Balaban J connectivity index is 3.33. The lowest BCUT2D eigenvalue weighted by Gasteiger charge is -2.02. The summed E-state index contributed by atoms with van der Waals surface area (Å²) in [4.78, 5) is 14.4. The fraction of sp³-hybridized carbons (Fsp3) is 0.143. The van der Waals surface area contributed by atoms with Crippen LogP contribution < -0.4 is 5.73 Å². The Labute approximate surface area is 77.5 Å². The largest absolute Gasteiger partial charge is 0.476 e. The number of pyridine rings is 1. The number of nitrogens with two attached hydrogens (primary N) is 1. The van der Waals surface area contributed by atoms with Crippen LogP contribution in [-0.4, -0.2) is 16.1 Å². The van der Waals surface area contributed by atoms with E-state index in [4.69, 9.17) is 10.8 Å². The third kappa shape index (κ3) is 1.55. The van der Waals surface area contributed by atoms with E-state index in [2.05, 4.69) is 20.9 Å². The first-order valence-corrected chi connectivity index (χ1v) is 3.97. The Bertz CT molecular complexity index is 338. The summed E-state index contributed by atoms with van der Waals surface area (Å²) in [7, 11) is 0. The molecule has 5 heteroatoms. The summed E-state index contributed by atoms with van der Waals surface area (Å²) >= 11 is 3.06. The number of aromatic carboxylic acids is 1. The van der Waals surface area contributed by atoms with Gasteiger partial charge in [-0.15, -0.1) is 0 Å². The smallest absolute Gasteiger partial charge is 0.355 e. The Morgan fingerprint density at radius 3 is 2.83 bits per heavy atom. The highest BCUT2D eigenvalue weighted by atomic mass is 79.9. The first-order chi connectivity index (χ1) is 5.52. The topological polar surface area (TPSA) is 76.2 Å².